The summed E-state index contributed by atoms with van der Waals surface area (Å²) in [5.74, 6) is -2.51. The van der Waals surface area contributed by atoms with Crippen LogP contribution in [0.15, 0.2) is 6.20 Å². The smallest absolute Gasteiger partial charge is 0.481 e. The van der Waals surface area contributed by atoms with Crippen molar-refractivity contribution >= 4 is 11.7 Å². The Labute approximate surface area is 103 Å². The van der Waals surface area contributed by atoms with Crippen LogP contribution in [0.2, 0.25) is 0 Å². The number of halogens is 3. The van der Waals surface area contributed by atoms with E-state index in [1.807, 2.05) is 0 Å². The third kappa shape index (κ3) is 3.79. The Balaban J connectivity index is 3.41. The van der Waals surface area contributed by atoms with Crippen molar-refractivity contribution in [1.29, 1.82) is 0 Å². The summed E-state index contributed by atoms with van der Waals surface area (Å²) in [5, 5.41) is 19.3. The third-order valence-corrected chi connectivity index (χ3v) is 1.98. The van der Waals surface area contributed by atoms with Crippen LogP contribution in [0.4, 0.5) is 18.9 Å². The number of hydrogen-bond donors (Lipinski definition) is 1. The number of carboxylic acids is 1. The number of aromatic nitrogens is 1. The molecule has 1 aromatic heterocycles. The number of hydrogen-bond acceptors (Lipinski definition) is 5. The zero-order valence-electron chi connectivity index (χ0n) is 9.39. The van der Waals surface area contributed by atoms with Gasteiger partial charge in [0.2, 0.25) is 5.75 Å². The van der Waals surface area contributed by atoms with Crippen molar-refractivity contribution in [2.24, 2.45) is 0 Å². The van der Waals surface area contributed by atoms with E-state index in [9.17, 15) is 28.1 Å². The van der Waals surface area contributed by atoms with E-state index in [-0.39, 0.29) is 5.56 Å². The minimum atomic E-state index is -5.13. The molecular formula is C9H7F3N2O5. The Hall–Kier alpha value is -2.39. The summed E-state index contributed by atoms with van der Waals surface area (Å²) in [6.45, 7) is 1.13. The highest BCUT2D eigenvalue weighted by molar-refractivity contribution is 5.72. The van der Waals surface area contributed by atoms with Gasteiger partial charge in [-0.1, -0.05) is 0 Å². The van der Waals surface area contributed by atoms with Crippen LogP contribution in [-0.2, 0) is 11.2 Å². The van der Waals surface area contributed by atoms with E-state index in [0.29, 0.717) is 0 Å². The SMILES string of the molecule is Cc1cnc(CC(=O)O)c([N+](=O)[O-])c1OC(F)(F)F. The van der Waals surface area contributed by atoms with Gasteiger partial charge in [0.05, 0.1) is 11.3 Å². The molecule has 7 nitrogen and oxygen atoms in total. The van der Waals surface area contributed by atoms with Crippen LogP contribution in [0.1, 0.15) is 11.3 Å². The molecule has 0 fully saturated rings. The second-order valence-electron chi connectivity index (χ2n) is 3.44. The second kappa shape index (κ2) is 5.08. The maximum absolute atomic E-state index is 12.2. The Bertz CT molecular complexity index is 529. The number of pyridine rings is 1. The van der Waals surface area contributed by atoms with Crippen molar-refractivity contribution < 1.29 is 32.7 Å². The van der Waals surface area contributed by atoms with Gasteiger partial charge in [-0.15, -0.1) is 13.2 Å². The lowest BCUT2D eigenvalue weighted by Crippen LogP contribution is -2.20. The highest BCUT2D eigenvalue weighted by Crippen LogP contribution is 2.36. The molecule has 0 radical (unpaired) electrons. The second-order valence-corrected chi connectivity index (χ2v) is 3.44. The predicted molar refractivity (Wildman–Crippen MR) is 53.7 cm³/mol. The van der Waals surface area contributed by atoms with Crippen molar-refractivity contribution in [2.45, 2.75) is 19.7 Å². The molecule has 0 aliphatic carbocycles. The first-order valence-electron chi connectivity index (χ1n) is 4.72. The van der Waals surface area contributed by atoms with Crippen LogP contribution in [0.25, 0.3) is 0 Å². The van der Waals surface area contributed by atoms with Gasteiger partial charge < -0.3 is 9.84 Å². The molecule has 0 atom stereocenters. The normalized spacial score (nSPS) is 11.2. The summed E-state index contributed by atoms with van der Waals surface area (Å²) in [7, 11) is 0. The predicted octanol–water partition coefficient (Wildman–Crippen LogP) is 1.82. The van der Waals surface area contributed by atoms with E-state index in [4.69, 9.17) is 5.11 Å². The standard InChI is InChI=1S/C9H7F3N2O5/c1-4-3-13-5(2-6(15)16)7(14(17)18)8(4)19-9(10,11)12/h3H,2H2,1H3,(H,15,16). The van der Waals surface area contributed by atoms with Crippen LogP contribution in [0.5, 0.6) is 5.75 Å². The fourth-order valence-electron chi connectivity index (χ4n) is 1.32. The van der Waals surface area contributed by atoms with Crippen LogP contribution < -0.4 is 4.74 Å². The van der Waals surface area contributed by atoms with Gasteiger partial charge in [-0.3, -0.25) is 19.9 Å². The molecule has 1 aromatic rings. The zero-order chi connectivity index (χ0) is 14.8. The molecule has 0 spiro atoms. The fourth-order valence-corrected chi connectivity index (χ4v) is 1.32. The van der Waals surface area contributed by atoms with Gasteiger partial charge in [-0.05, 0) is 6.92 Å². The molecule has 0 aliphatic rings. The third-order valence-electron chi connectivity index (χ3n) is 1.98. The fraction of sp³-hybridized carbons (Fsp3) is 0.333. The monoisotopic (exact) mass is 280 g/mol. The van der Waals surface area contributed by atoms with Gasteiger partial charge in [0.25, 0.3) is 0 Å². The highest BCUT2D eigenvalue weighted by atomic mass is 19.4. The number of alkyl halides is 3. The molecule has 0 saturated carbocycles. The first kappa shape index (κ1) is 14.7. The van der Waals surface area contributed by atoms with Crippen LogP contribution in [0.3, 0.4) is 0 Å². The lowest BCUT2D eigenvalue weighted by molar-refractivity contribution is -0.389. The highest BCUT2D eigenvalue weighted by Gasteiger charge is 2.37. The molecule has 10 heteroatoms. The molecule has 0 aliphatic heterocycles. The number of ether oxygens (including phenoxy) is 1. The van der Waals surface area contributed by atoms with E-state index in [0.717, 1.165) is 13.1 Å². The van der Waals surface area contributed by atoms with Gasteiger partial charge in [-0.2, -0.15) is 0 Å². The molecule has 0 saturated heterocycles. The molecule has 19 heavy (non-hydrogen) atoms. The average molecular weight is 280 g/mol. The Kier molecular flexibility index (Phi) is 3.92. The summed E-state index contributed by atoms with van der Waals surface area (Å²) in [4.78, 5) is 23.6. The first-order chi connectivity index (χ1) is 8.61. The molecule has 0 unspecified atom stereocenters. The minimum absolute atomic E-state index is 0.224. The molecular weight excluding hydrogens is 273 g/mol. The van der Waals surface area contributed by atoms with E-state index in [1.54, 1.807) is 0 Å². The Morgan fingerprint density at radius 1 is 1.58 bits per heavy atom. The molecule has 1 heterocycles. The van der Waals surface area contributed by atoms with Crippen LogP contribution in [-0.4, -0.2) is 27.3 Å². The summed E-state index contributed by atoms with van der Waals surface area (Å²) < 4.78 is 40.1. The summed E-state index contributed by atoms with van der Waals surface area (Å²) in [6, 6.07) is 0. The average Bonchev–Trinajstić information content (AvgIpc) is 2.19. The topological polar surface area (TPSA) is 103 Å². The van der Waals surface area contributed by atoms with Gasteiger partial charge in [-0.25, -0.2) is 0 Å². The summed E-state index contributed by atoms with van der Waals surface area (Å²) in [6.07, 6.45) is -5.13. The van der Waals surface area contributed by atoms with E-state index in [2.05, 4.69) is 9.72 Å². The zero-order valence-corrected chi connectivity index (χ0v) is 9.39. The van der Waals surface area contributed by atoms with E-state index >= 15 is 0 Å². The maximum atomic E-state index is 12.2. The molecule has 104 valence electrons. The van der Waals surface area contributed by atoms with E-state index in [1.165, 1.54) is 0 Å². The van der Waals surface area contributed by atoms with Crippen LogP contribution in [0, 0.1) is 17.0 Å². The van der Waals surface area contributed by atoms with Crippen molar-refractivity contribution in [3.05, 3.63) is 27.6 Å². The minimum Gasteiger partial charge on any atom is -0.481 e. The molecule has 0 bridgehead atoms. The van der Waals surface area contributed by atoms with Crippen LogP contribution >= 0.6 is 0 Å². The first-order valence-corrected chi connectivity index (χ1v) is 4.72. The maximum Gasteiger partial charge on any atom is 0.573 e. The number of aryl methyl sites for hydroxylation is 1. The van der Waals surface area contributed by atoms with Crippen molar-refractivity contribution in [3.63, 3.8) is 0 Å². The molecule has 1 N–H and O–H groups in total. The number of rotatable bonds is 4. The van der Waals surface area contributed by atoms with Crippen molar-refractivity contribution in [2.75, 3.05) is 0 Å². The van der Waals surface area contributed by atoms with Crippen molar-refractivity contribution in [3.8, 4) is 5.75 Å². The Morgan fingerprint density at radius 3 is 2.58 bits per heavy atom. The molecule has 1 rings (SSSR count). The number of carboxylic acid groups (broad SMARTS) is 1. The Morgan fingerprint density at radius 2 is 2.16 bits per heavy atom. The van der Waals surface area contributed by atoms with Gasteiger partial charge in [0.1, 0.15) is 5.69 Å². The lowest BCUT2D eigenvalue weighted by Gasteiger charge is -2.12. The quantitative estimate of drug-likeness (QED) is 0.666. The summed E-state index contributed by atoms with van der Waals surface area (Å²) in [5.41, 5.74) is -1.93. The molecule has 0 aromatic carbocycles. The van der Waals surface area contributed by atoms with Gasteiger partial charge in [0.15, 0.2) is 0 Å². The number of nitrogens with zero attached hydrogens (tertiary/aromatic N) is 2. The van der Waals surface area contributed by atoms with Gasteiger partial charge in [0, 0.05) is 11.8 Å². The van der Waals surface area contributed by atoms with Gasteiger partial charge >= 0.3 is 18.0 Å². The van der Waals surface area contributed by atoms with E-state index < -0.39 is 40.8 Å². The number of aliphatic carboxylic acids is 1. The lowest BCUT2D eigenvalue weighted by atomic mass is 10.1. The summed E-state index contributed by atoms with van der Waals surface area (Å²) >= 11 is 0. The van der Waals surface area contributed by atoms with Crippen molar-refractivity contribution in [1.82, 2.24) is 4.98 Å². The largest absolute Gasteiger partial charge is 0.573 e. The number of carbonyl (C=O) groups is 1. The number of nitro groups is 1. The molecule has 0 amide bonds.